The number of para-hydroxylation sites is 1. The van der Waals surface area contributed by atoms with Crippen molar-refractivity contribution in [3.8, 4) is 0 Å². The minimum absolute atomic E-state index is 0.0703. The van der Waals surface area contributed by atoms with Gasteiger partial charge < -0.3 is 14.6 Å². The number of carbonyl (C=O) groups excluding carboxylic acids is 2. The summed E-state index contributed by atoms with van der Waals surface area (Å²) in [6.07, 6.45) is 0. The molecule has 0 spiro atoms. The lowest BCUT2D eigenvalue weighted by molar-refractivity contribution is -0.384. The highest BCUT2D eigenvalue weighted by atomic mass is 16.6. The lowest BCUT2D eigenvalue weighted by atomic mass is 10.1. The van der Waals surface area contributed by atoms with Gasteiger partial charge in [-0.1, -0.05) is 17.3 Å². The van der Waals surface area contributed by atoms with E-state index in [1.807, 2.05) is 0 Å². The molecule has 1 aromatic carbocycles. The Bertz CT molecular complexity index is 792. The van der Waals surface area contributed by atoms with E-state index >= 15 is 0 Å². The zero-order chi connectivity index (χ0) is 17.9. The highest BCUT2D eigenvalue weighted by molar-refractivity contribution is 5.97. The Morgan fingerprint density at radius 2 is 2.04 bits per heavy atom. The maximum Gasteiger partial charge on any atom is 0.344 e. The van der Waals surface area contributed by atoms with Crippen molar-refractivity contribution in [1.82, 2.24) is 5.16 Å². The molecule has 0 aliphatic carbocycles. The van der Waals surface area contributed by atoms with Crippen LogP contribution in [0.3, 0.4) is 0 Å². The number of rotatable bonds is 5. The predicted molar refractivity (Wildman–Crippen MR) is 82.7 cm³/mol. The molecule has 2 aromatic rings. The van der Waals surface area contributed by atoms with Crippen LogP contribution in [0, 0.1) is 30.9 Å². The van der Waals surface area contributed by atoms with Gasteiger partial charge in [0.05, 0.1) is 10.6 Å². The zero-order valence-electron chi connectivity index (χ0n) is 13.3. The van der Waals surface area contributed by atoms with Gasteiger partial charge in [0, 0.05) is 6.07 Å². The lowest BCUT2D eigenvalue weighted by Gasteiger charge is -2.09. The third-order valence-corrected chi connectivity index (χ3v) is 3.28. The minimum Gasteiger partial charge on any atom is -0.452 e. The topological polar surface area (TPSA) is 125 Å². The molecule has 126 valence electrons. The third kappa shape index (κ3) is 3.57. The Kier molecular flexibility index (Phi) is 4.93. The molecular formula is C15H15N3O6. The summed E-state index contributed by atoms with van der Waals surface area (Å²) in [6.45, 7) is 4.16. The van der Waals surface area contributed by atoms with Gasteiger partial charge in [0.15, 0.2) is 6.61 Å². The van der Waals surface area contributed by atoms with Crippen LogP contribution < -0.4 is 5.32 Å². The van der Waals surface area contributed by atoms with Crippen LogP contribution in [-0.4, -0.2) is 28.6 Å². The van der Waals surface area contributed by atoms with Crippen molar-refractivity contribution in [2.24, 2.45) is 0 Å². The van der Waals surface area contributed by atoms with Gasteiger partial charge in [-0.05, 0) is 26.3 Å². The largest absolute Gasteiger partial charge is 0.452 e. The van der Waals surface area contributed by atoms with Gasteiger partial charge in [-0.2, -0.15) is 0 Å². The summed E-state index contributed by atoms with van der Waals surface area (Å²) >= 11 is 0. The number of nitrogens with one attached hydrogen (secondary N) is 1. The van der Waals surface area contributed by atoms with E-state index in [1.54, 1.807) is 26.8 Å². The lowest BCUT2D eigenvalue weighted by Crippen LogP contribution is -2.22. The van der Waals surface area contributed by atoms with Crippen LogP contribution in [0.5, 0.6) is 0 Å². The molecule has 1 aromatic heterocycles. The van der Waals surface area contributed by atoms with Crippen molar-refractivity contribution in [2.45, 2.75) is 20.8 Å². The highest BCUT2D eigenvalue weighted by Crippen LogP contribution is 2.27. The van der Waals surface area contributed by atoms with E-state index in [0.29, 0.717) is 11.3 Å². The smallest absolute Gasteiger partial charge is 0.344 e. The summed E-state index contributed by atoms with van der Waals surface area (Å²) in [5.74, 6) is -1.15. The molecule has 0 saturated heterocycles. The first-order chi connectivity index (χ1) is 11.3. The SMILES string of the molecule is Cc1cccc([N+](=O)[O-])c1NC(=O)COC(=O)c1c(C)noc1C. The van der Waals surface area contributed by atoms with E-state index < -0.39 is 23.4 Å². The van der Waals surface area contributed by atoms with Gasteiger partial charge in [0.25, 0.3) is 11.6 Å². The molecule has 0 aliphatic rings. The number of hydrogen-bond acceptors (Lipinski definition) is 7. The van der Waals surface area contributed by atoms with Crippen molar-refractivity contribution >= 4 is 23.3 Å². The molecule has 0 unspecified atom stereocenters. The number of amides is 1. The normalized spacial score (nSPS) is 10.3. The highest BCUT2D eigenvalue weighted by Gasteiger charge is 2.21. The van der Waals surface area contributed by atoms with E-state index in [4.69, 9.17) is 9.26 Å². The Morgan fingerprint density at radius 3 is 2.62 bits per heavy atom. The molecule has 2 rings (SSSR count). The number of anilines is 1. The summed E-state index contributed by atoms with van der Waals surface area (Å²) in [4.78, 5) is 34.3. The van der Waals surface area contributed by atoms with Gasteiger partial charge in [0.2, 0.25) is 0 Å². The fourth-order valence-electron chi connectivity index (χ4n) is 2.12. The Morgan fingerprint density at radius 1 is 1.33 bits per heavy atom. The summed E-state index contributed by atoms with van der Waals surface area (Å²) in [7, 11) is 0. The molecule has 1 heterocycles. The second-order valence-electron chi connectivity index (χ2n) is 5.05. The molecule has 0 atom stereocenters. The van der Waals surface area contributed by atoms with Gasteiger partial charge in [-0.15, -0.1) is 0 Å². The number of esters is 1. The van der Waals surface area contributed by atoms with Gasteiger partial charge >= 0.3 is 5.97 Å². The summed E-state index contributed by atoms with van der Waals surface area (Å²) in [5, 5.41) is 17.0. The van der Waals surface area contributed by atoms with Gasteiger partial charge in [0.1, 0.15) is 17.0 Å². The van der Waals surface area contributed by atoms with E-state index in [9.17, 15) is 19.7 Å². The Hall–Kier alpha value is -3.23. The van der Waals surface area contributed by atoms with Crippen molar-refractivity contribution < 1.29 is 23.8 Å². The maximum atomic E-state index is 11.9. The van der Waals surface area contributed by atoms with Crippen LogP contribution >= 0.6 is 0 Å². The standard InChI is InChI=1S/C15H15N3O6/c1-8-5-4-6-11(18(21)22)14(8)16-12(19)7-23-15(20)13-9(2)17-24-10(13)3/h4-6H,7H2,1-3H3,(H,16,19). The quantitative estimate of drug-likeness (QED) is 0.505. The summed E-state index contributed by atoms with van der Waals surface area (Å²) in [5.41, 5.74) is 0.869. The van der Waals surface area contributed by atoms with Gasteiger partial charge in [-0.25, -0.2) is 4.79 Å². The summed E-state index contributed by atoms with van der Waals surface area (Å²) < 4.78 is 9.75. The number of nitrogens with zero attached hydrogens (tertiary/aromatic N) is 2. The molecule has 9 nitrogen and oxygen atoms in total. The molecule has 0 aliphatic heterocycles. The second-order valence-corrected chi connectivity index (χ2v) is 5.05. The molecule has 0 fully saturated rings. The zero-order valence-corrected chi connectivity index (χ0v) is 13.3. The Balaban J connectivity index is 2.05. The van der Waals surface area contributed by atoms with E-state index in [1.165, 1.54) is 12.1 Å². The number of nitro benzene ring substituents is 1. The van der Waals surface area contributed by atoms with Crippen LogP contribution in [0.1, 0.15) is 27.4 Å². The van der Waals surface area contributed by atoms with Crippen molar-refractivity contribution in [1.29, 1.82) is 0 Å². The molecular weight excluding hydrogens is 318 g/mol. The maximum absolute atomic E-state index is 11.9. The fraction of sp³-hybridized carbons (Fsp3) is 0.267. The van der Waals surface area contributed by atoms with Crippen LogP contribution in [0.25, 0.3) is 0 Å². The minimum atomic E-state index is -0.749. The monoisotopic (exact) mass is 333 g/mol. The first-order valence-corrected chi connectivity index (χ1v) is 6.95. The van der Waals surface area contributed by atoms with E-state index in [-0.39, 0.29) is 22.7 Å². The first kappa shape index (κ1) is 17.1. The second kappa shape index (κ2) is 6.90. The number of carbonyl (C=O) groups is 2. The molecule has 1 N–H and O–H groups in total. The third-order valence-electron chi connectivity index (χ3n) is 3.28. The molecule has 0 radical (unpaired) electrons. The van der Waals surface area contributed by atoms with E-state index in [0.717, 1.165) is 0 Å². The molecule has 0 bridgehead atoms. The van der Waals surface area contributed by atoms with Crippen LogP contribution in [0.15, 0.2) is 22.7 Å². The number of nitro groups is 1. The van der Waals surface area contributed by atoms with Crippen LogP contribution in [0.4, 0.5) is 11.4 Å². The average Bonchev–Trinajstić information content (AvgIpc) is 2.85. The number of hydrogen-bond donors (Lipinski definition) is 1. The molecule has 9 heteroatoms. The number of benzene rings is 1. The molecule has 1 amide bonds. The average molecular weight is 333 g/mol. The Labute approximate surface area is 136 Å². The number of aromatic nitrogens is 1. The molecule has 0 saturated carbocycles. The van der Waals surface area contributed by atoms with Crippen LogP contribution in [-0.2, 0) is 9.53 Å². The summed E-state index contributed by atoms with van der Waals surface area (Å²) in [6, 6.07) is 4.41. The van der Waals surface area contributed by atoms with Crippen molar-refractivity contribution in [3.05, 3.63) is 50.9 Å². The van der Waals surface area contributed by atoms with E-state index in [2.05, 4.69) is 10.5 Å². The number of ether oxygens (including phenoxy) is 1. The number of aryl methyl sites for hydroxylation is 3. The fourth-order valence-corrected chi connectivity index (χ4v) is 2.12. The molecule has 24 heavy (non-hydrogen) atoms. The van der Waals surface area contributed by atoms with Gasteiger partial charge in [-0.3, -0.25) is 14.9 Å². The van der Waals surface area contributed by atoms with Crippen molar-refractivity contribution in [3.63, 3.8) is 0 Å². The first-order valence-electron chi connectivity index (χ1n) is 6.95. The van der Waals surface area contributed by atoms with Crippen molar-refractivity contribution in [2.75, 3.05) is 11.9 Å². The van der Waals surface area contributed by atoms with Crippen LogP contribution in [0.2, 0.25) is 0 Å². The predicted octanol–water partition coefficient (Wildman–Crippen LogP) is 2.30.